The van der Waals surface area contributed by atoms with Gasteiger partial charge in [-0.05, 0) is 89.0 Å². The number of carbonyl (C=O) groups is 1. The number of hydrogen-bond acceptors (Lipinski definition) is 3. The molecule has 1 amide bonds. The van der Waals surface area contributed by atoms with E-state index in [9.17, 15) is 4.79 Å². The molecule has 0 spiro atoms. The van der Waals surface area contributed by atoms with Gasteiger partial charge in [0.15, 0.2) is 0 Å². The van der Waals surface area contributed by atoms with E-state index in [1.807, 2.05) is 26.8 Å². The molecule has 1 aromatic carbocycles. The highest BCUT2D eigenvalue weighted by Gasteiger charge is 2.25. The third-order valence-corrected chi connectivity index (χ3v) is 6.24. The first kappa shape index (κ1) is 23.3. The average molecular weight is 423 g/mol. The Morgan fingerprint density at radius 2 is 1.81 bits per heavy atom. The summed E-state index contributed by atoms with van der Waals surface area (Å²) in [7, 11) is 0. The van der Waals surface area contributed by atoms with Crippen molar-refractivity contribution in [1.82, 2.24) is 10.3 Å². The van der Waals surface area contributed by atoms with Crippen molar-refractivity contribution in [2.45, 2.75) is 91.2 Å². The number of carbonyl (C=O) groups excluding carboxylic acids is 1. The van der Waals surface area contributed by atoms with E-state index < -0.39 is 5.60 Å². The van der Waals surface area contributed by atoms with Crippen LogP contribution in [0.15, 0.2) is 36.4 Å². The minimum absolute atomic E-state index is 0.0613. The van der Waals surface area contributed by atoms with Gasteiger partial charge in [0, 0.05) is 23.3 Å². The second-order valence-corrected chi connectivity index (χ2v) is 10.3. The number of hydrogen-bond donors (Lipinski definition) is 1. The molecule has 3 rings (SSSR count). The van der Waals surface area contributed by atoms with Gasteiger partial charge in [-0.1, -0.05) is 43.7 Å². The van der Waals surface area contributed by atoms with Crippen LogP contribution in [0.4, 0.5) is 4.79 Å². The highest BCUT2D eigenvalue weighted by Crippen LogP contribution is 2.37. The Bertz CT molecular complexity index is 900. The van der Waals surface area contributed by atoms with Crippen molar-refractivity contribution in [3.8, 4) is 0 Å². The topological polar surface area (TPSA) is 51.2 Å². The highest BCUT2D eigenvalue weighted by atomic mass is 16.6. The fourth-order valence-electron chi connectivity index (χ4n) is 4.55. The van der Waals surface area contributed by atoms with E-state index >= 15 is 0 Å². The Hall–Kier alpha value is -2.36. The maximum absolute atomic E-state index is 12.5. The zero-order valence-electron chi connectivity index (χ0n) is 20.0. The van der Waals surface area contributed by atoms with E-state index in [-0.39, 0.29) is 12.1 Å². The molecule has 0 radical (unpaired) electrons. The van der Waals surface area contributed by atoms with Crippen LogP contribution in [0.5, 0.6) is 0 Å². The van der Waals surface area contributed by atoms with Crippen molar-refractivity contribution in [3.63, 3.8) is 0 Å². The van der Waals surface area contributed by atoms with E-state index in [0.717, 1.165) is 24.5 Å². The van der Waals surface area contributed by atoms with Crippen molar-refractivity contribution in [2.75, 3.05) is 0 Å². The van der Waals surface area contributed by atoms with Crippen LogP contribution in [0.1, 0.15) is 81.0 Å². The molecule has 1 aliphatic carbocycles. The molecule has 1 saturated carbocycles. The Labute approximate surface area is 187 Å². The van der Waals surface area contributed by atoms with Crippen LogP contribution in [0, 0.1) is 19.8 Å². The normalized spacial score (nSPS) is 19.8. The molecule has 0 saturated heterocycles. The second-order valence-electron chi connectivity index (χ2n) is 10.3. The van der Waals surface area contributed by atoms with Crippen LogP contribution in [0.2, 0.25) is 0 Å². The molecule has 3 atom stereocenters. The van der Waals surface area contributed by atoms with Crippen molar-refractivity contribution in [1.29, 1.82) is 0 Å². The summed E-state index contributed by atoms with van der Waals surface area (Å²) < 4.78 is 5.54. The van der Waals surface area contributed by atoms with Crippen LogP contribution in [0.25, 0.3) is 0 Å². The Morgan fingerprint density at radius 1 is 1.10 bits per heavy atom. The summed E-state index contributed by atoms with van der Waals surface area (Å²) in [5, 5.41) is 3.11. The van der Waals surface area contributed by atoms with E-state index in [0.29, 0.717) is 5.92 Å². The third-order valence-electron chi connectivity index (χ3n) is 6.24. The molecular weight excluding hydrogens is 384 g/mol. The number of aryl methyl sites for hydroxylation is 2. The SMILES string of the molecule is Cc1ccccc1CC(Cc1ccc(C2CCC(C)C2)nc1C)NC(=O)OC(C)(C)C. The predicted molar refractivity (Wildman–Crippen MR) is 126 cm³/mol. The molecule has 1 N–H and O–H groups in total. The van der Waals surface area contributed by atoms with E-state index in [1.165, 1.54) is 41.6 Å². The predicted octanol–water partition coefficient (Wildman–Crippen LogP) is 6.28. The Balaban J connectivity index is 1.77. The summed E-state index contributed by atoms with van der Waals surface area (Å²) in [4.78, 5) is 17.5. The number of aromatic nitrogens is 1. The zero-order chi connectivity index (χ0) is 22.6. The van der Waals surface area contributed by atoms with Gasteiger partial charge in [0.05, 0.1) is 0 Å². The lowest BCUT2D eigenvalue weighted by Crippen LogP contribution is -2.41. The third kappa shape index (κ3) is 6.81. The average Bonchev–Trinajstić information content (AvgIpc) is 3.10. The first-order valence-corrected chi connectivity index (χ1v) is 11.6. The van der Waals surface area contributed by atoms with E-state index in [4.69, 9.17) is 9.72 Å². The molecule has 4 heteroatoms. The maximum Gasteiger partial charge on any atom is 0.407 e. The number of rotatable bonds is 6. The maximum atomic E-state index is 12.5. The molecule has 4 nitrogen and oxygen atoms in total. The molecule has 0 aliphatic heterocycles. The van der Waals surface area contributed by atoms with Crippen LogP contribution >= 0.6 is 0 Å². The lowest BCUT2D eigenvalue weighted by Gasteiger charge is -2.25. The zero-order valence-corrected chi connectivity index (χ0v) is 20.0. The van der Waals surface area contributed by atoms with Crippen molar-refractivity contribution < 1.29 is 9.53 Å². The lowest BCUT2D eigenvalue weighted by molar-refractivity contribution is 0.0504. The molecule has 31 heavy (non-hydrogen) atoms. The van der Waals surface area contributed by atoms with Gasteiger partial charge in [-0.2, -0.15) is 0 Å². The van der Waals surface area contributed by atoms with Crippen LogP contribution in [-0.2, 0) is 17.6 Å². The number of benzene rings is 1. The second kappa shape index (κ2) is 9.84. The van der Waals surface area contributed by atoms with Crippen molar-refractivity contribution in [2.24, 2.45) is 5.92 Å². The number of nitrogens with one attached hydrogen (secondary N) is 1. The fraction of sp³-hybridized carbons (Fsp3) is 0.556. The first-order chi connectivity index (χ1) is 14.6. The van der Waals surface area contributed by atoms with Crippen LogP contribution in [-0.4, -0.2) is 22.7 Å². The van der Waals surface area contributed by atoms with Gasteiger partial charge in [0.1, 0.15) is 5.60 Å². The summed E-state index contributed by atoms with van der Waals surface area (Å²) in [5.74, 6) is 1.38. The summed E-state index contributed by atoms with van der Waals surface area (Å²) in [6, 6.07) is 12.7. The number of amides is 1. The smallest absolute Gasteiger partial charge is 0.407 e. The monoisotopic (exact) mass is 422 g/mol. The van der Waals surface area contributed by atoms with Crippen molar-refractivity contribution in [3.05, 3.63) is 64.5 Å². The number of ether oxygens (including phenoxy) is 1. The van der Waals surface area contributed by atoms with Gasteiger partial charge in [-0.3, -0.25) is 4.98 Å². The number of alkyl carbamates (subject to hydrolysis) is 1. The molecular formula is C27H38N2O2. The summed E-state index contributed by atoms with van der Waals surface area (Å²) in [5.41, 5.74) is 5.43. The number of pyridine rings is 1. The standard InChI is InChI=1S/C27H38N2O2/c1-18-11-12-23(15-18)25-14-13-22(20(3)28-25)17-24(29-26(30)31-27(4,5)6)16-21-10-8-7-9-19(21)2/h7-10,13-14,18,23-24H,11-12,15-17H2,1-6H3,(H,29,30). The summed E-state index contributed by atoms with van der Waals surface area (Å²) in [6.45, 7) is 12.2. The number of nitrogens with zero attached hydrogens (tertiary/aromatic N) is 1. The van der Waals surface area contributed by atoms with Gasteiger partial charge in [0.25, 0.3) is 0 Å². The molecule has 1 fully saturated rings. The molecule has 1 aliphatic rings. The Morgan fingerprint density at radius 3 is 2.42 bits per heavy atom. The molecule has 3 unspecified atom stereocenters. The molecule has 1 heterocycles. The molecule has 1 aromatic heterocycles. The van der Waals surface area contributed by atoms with E-state index in [2.05, 4.69) is 56.4 Å². The minimum atomic E-state index is -0.519. The van der Waals surface area contributed by atoms with Gasteiger partial charge in [0.2, 0.25) is 0 Å². The largest absolute Gasteiger partial charge is 0.444 e. The van der Waals surface area contributed by atoms with Gasteiger partial charge in [-0.25, -0.2) is 4.79 Å². The minimum Gasteiger partial charge on any atom is -0.444 e. The molecule has 168 valence electrons. The first-order valence-electron chi connectivity index (χ1n) is 11.6. The van der Waals surface area contributed by atoms with Gasteiger partial charge < -0.3 is 10.1 Å². The van der Waals surface area contributed by atoms with E-state index in [1.54, 1.807) is 0 Å². The lowest BCUT2D eigenvalue weighted by atomic mass is 9.94. The quantitative estimate of drug-likeness (QED) is 0.596. The van der Waals surface area contributed by atoms with Crippen molar-refractivity contribution >= 4 is 6.09 Å². The molecule has 0 bridgehead atoms. The van der Waals surface area contributed by atoms with Gasteiger partial charge in [-0.15, -0.1) is 0 Å². The van der Waals surface area contributed by atoms with Crippen LogP contribution in [0.3, 0.4) is 0 Å². The molecule has 2 aromatic rings. The van der Waals surface area contributed by atoms with Gasteiger partial charge >= 0.3 is 6.09 Å². The summed E-state index contributed by atoms with van der Waals surface area (Å²) >= 11 is 0. The van der Waals surface area contributed by atoms with Crippen LogP contribution < -0.4 is 5.32 Å². The fourth-order valence-corrected chi connectivity index (χ4v) is 4.55. The summed E-state index contributed by atoms with van der Waals surface area (Å²) in [6.07, 6.45) is 4.89. The highest BCUT2D eigenvalue weighted by molar-refractivity contribution is 5.68. The Kier molecular flexibility index (Phi) is 7.40.